The zero-order chi connectivity index (χ0) is 15.1. The Morgan fingerprint density at radius 1 is 1.05 bits per heavy atom. The van der Waals surface area contributed by atoms with Gasteiger partial charge in [0.25, 0.3) is 0 Å². The lowest BCUT2D eigenvalue weighted by molar-refractivity contribution is 0.0975. The van der Waals surface area contributed by atoms with E-state index in [1.165, 1.54) is 38.7 Å². The van der Waals surface area contributed by atoms with Crippen LogP contribution in [0.2, 0.25) is 0 Å². The number of aromatic hydroxyl groups is 1. The number of carbonyl (C=O) groups is 2. The number of carbonyl (C=O) groups excluding carboxylic acids is 2. The van der Waals surface area contributed by atoms with Crippen LogP contribution < -0.4 is 9.47 Å². The quantitative estimate of drug-likeness (QED) is 0.769. The minimum absolute atomic E-state index is 0.0231. The second-order valence-corrected chi connectivity index (χ2v) is 4.46. The van der Waals surface area contributed by atoms with Crippen LogP contribution in [0.4, 0.5) is 0 Å². The number of phenolic OH excluding ortho intramolecular Hbond substituents is 1. The summed E-state index contributed by atoms with van der Waals surface area (Å²) in [6, 6.07) is 2.85. The lowest BCUT2D eigenvalue weighted by Crippen LogP contribution is -2.21. The molecule has 0 radical (unpaired) electrons. The molecule has 1 N–H and O–H groups in total. The molecule has 0 saturated heterocycles. The van der Waals surface area contributed by atoms with Crippen molar-refractivity contribution < 1.29 is 24.2 Å². The molecule has 106 valence electrons. The molecule has 21 heavy (non-hydrogen) atoms. The van der Waals surface area contributed by atoms with Gasteiger partial charge in [0.1, 0.15) is 0 Å². The van der Waals surface area contributed by atoms with Gasteiger partial charge in [-0.2, -0.15) is 0 Å². The monoisotopic (exact) mass is 285 g/mol. The lowest BCUT2D eigenvalue weighted by Gasteiger charge is -2.20. The Labute approximate surface area is 120 Å². The number of benzene rings is 1. The molecule has 0 bridgehead atoms. The third-order valence-corrected chi connectivity index (χ3v) is 3.43. The van der Waals surface area contributed by atoms with Gasteiger partial charge in [0, 0.05) is 23.5 Å². The van der Waals surface area contributed by atoms with Crippen molar-refractivity contribution in [2.24, 2.45) is 0 Å². The molecule has 1 aliphatic carbocycles. The van der Waals surface area contributed by atoms with Crippen molar-refractivity contribution in [3.8, 4) is 17.2 Å². The van der Waals surface area contributed by atoms with Gasteiger partial charge in [0.15, 0.2) is 23.1 Å². The topological polar surface area (TPSA) is 85.7 Å². The van der Waals surface area contributed by atoms with Crippen molar-refractivity contribution in [2.45, 2.75) is 0 Å². The SMILES string of the molecule is COc1cc2c(c(O)c1OC)C(=O)c1ccncc1C2=O. The molecule has 3 rings (SSSR count). The summed E-state index contributed by atoms with van der Waals surface area (Å²) in [7, 11) is 2.73. The summed E-state index contributed by atoms with van der Waals surface area (Å²) in [4.78, 5) is 28.8. The normalized spacial score (nSPS) is 12.7. The fourth-order valence-corrected chi connectivity index (χ4v) is 2.44. The van der Waals surface area contributed by atoms with Crippen LogP contribution in [0.25, 0.3) is 0 Å². The number of hydrogen-bond acceptors (Lipinski definition) is 6. The molecule has 0 aliphatic heterocycles. The Bertz CT molecular complexity index is 782. The van der Waals surface area contributed by atoms with Crippen molar-refractivity contribution in [1.82, 2.24) is 4.98 Å². The second kappa shape index (κ2) is 4.59. The minimum atomic E-state index is -0.444. The largest absolute Gasteiger partial charge is 0.504 e. The molecule has 6 nitrogen and oxygen atoms in total. The molecule has 0 fully saturated rings. The number of phenols is 1. The molecular formula is C15H11NO5. The van der Waals surface area contributed by atoms with E-state index in [0.717, 1.165) is 0 Å². The summed E-state index contributed by atoms with van der Waals surface area (Å²) in [6.45, 7) is 0. The van der Waals surface area contributed by atoms with E-state index in [1.54, 1.807) is 0 Å². The zero-order valence-electron chi connectivity index (χ0n) is 11.3. The van der Waals surface area contributed by atoms with Crippen LogP contribution in [-0.4, -0.2) is 35.9 Å². The molecule has 0 unspecified atom stereocenters. The fourth-order valence-electron chi connectivity index (χ4n) is 2.44. The lowest BCUT2D eigenvalue weighted by atomic mass is 9.84. The Hall–Kier alpha value is -2.89. The van der Waals surface area contributed by atoms with Gasteiger partial charge in [0.2, 0.25) is 5.75 Å². The van der Waals surface area contributed by atoms with Crippen molar-refractivity contribution in [2.75, 3.05) is 14.2 Å². The van der Waals surface area contributed by atoms with E-state index in [2.05, 4.69) is 4.98 Å². The number of nitrogens with zero attached hydrogens (tertiary/aromatic N) is 1. The van der Waals surface area contributed by atoms with Gasteiger partial charge in [-0.3, -0.25) is 14.6 Å². The molecular weight excluding hydrogens is 274 g/mol. The molecule has 0 amide bonds. The van der Waals surface area contributed by atoms with Crippen molar-refractivity contribution in [3.63, 3.8) is 0 Å². The third-order valence-electron chi connectivity index (χ3n) is 3.43. The average Bonchev–Trinajstić information content (AvgIpc) is 2.51. The minimum Gasteiger partial charge on any atom is -0.504 e. The third kappa shape index (κ3) is 1.69. The van der Waals surface area contributed by atoms with Crippen molar-refractivity contribution in [1.29, 1.82) is 0 Å². The van der Waals surface area contributed by atoms with E-state index in [9.17, 15) is 14.7 Å². The van der Waals surface area contributed by atoms with Crippen molar-refractivity contribution in [3.05, 3.63) is 46.8 Å². The number of rotatable bonds is 2. The van der Waals surface area contributed by atoms with Crippen molar-refractivity contribution >= 4 is 11.6 Å². The van der Waals surface area contributed by atoms with E-state index >= 15 is 0 Å². The standard InChI is InChI=1S/C15H11NO5/c1-20-10-5-8-11(14(19)15(10)21-2)13(18)7-3-4-16-6-9(7)12(8)17/h3-6,19H,1-2H3. The zero-order valence-corrected chi connectivity index (χ0v) is 11.3. The number of aromatic nitrogens is 1. The summed E-state index contributed by atoms with van der Waals surface area (Å²) in [5.41, 5.74) is 0.429. The maximum Gasteiger partial charge on any atom is 0.203 e. The number of fused-ring (bicyclic) bond motifs is 2. The Balaban J connectivity index is 2.35. The highest BCUT2D eigenvalue weighted by Crippen LogP contribution is 2.44. The fraction of sp³-hybridized carbons (Fsp3) is 0.133. The van der Waals surface area contributed by atoms with E-state index in [1.807, 2.05) is 0 Å². The van der Waals surface area contributed by atoms with Crippen LogP contribution in [-0.2, 0) is 0 Å². The predicted octanol–water partition coefficient (Wildman–Crippen LogP) is 1.58. The first-order valence-corrected chi connectivity index (χ1v) is 6.11. The maximum atomic E-state index is 12.5. The van der Waals surface area contributed by atoms with Crippen LogP contribution in [0.15, 0.2) is 24.5 Å². The highest BCUT2D eigenvalue weighted by molar-refractivity contribution is 6.29. The van der Waals surface area contributed by atoms with Gasteiger partial charge >= 0.3 is 0 Å². The van der Waals surface area contributed by atoms with Crippen LogP contribution in [0, 0.1) is 0 Å². The molecule has 0 atom stereocenters. The van der Waals surface area contributed by atoms with Gasteiger partial charge in [0.05, 0.1) is 25.3 Å². The summed E-state index contributed by atoms with van der Waals surface area (Å²) < 4.78 is 10.1. The molecule has 6 heteroatoms. The molecule has 1 heterocycles. The van der Waals surface area contributed by atoms with Crippen LogP contribution in [0.1, 0.15) is 31.8 Å². The molecule has 2 aromatic rings. The second-order valence-electron chi connectivity index (χ2n) is 4.46. The molecule has 1 aliphatic rings. The number of methoxy groups -OCH3 is 2. The Kier molecular flexibility index (Phi) is 2.86. The highest BCUT2D eigenvalue weighted by Gasteiger charge is 2.35. The molecule has 0 spiro atoms. The smallest absolute Gasteiger partial charge is 0.203 e. The Morgan fingerprint density at radius 2 is 1.81 bits per heavy atom. The summed E-state index contributed by atoms with van der Waals surface area (Å²) in [5.74, 6) is -1.02. The van der Waals surface area contributed by atoms with Gasteiger partial charge in [-0.15, -0.1) is 0 Å². The summed E-state index contributed by atoms with van der Waals surface area (Å²) in [6.07, 6.45) is 2.76. The average molecular weight is 285 g/mol. The first kappa shape index (κ1) is 13.1. The van der Waals surface area contributed by atoms with E-state index in [4.69, 9.17) is 9.47 Å². The van der Waals surface area contributed by atoms with Crippen LogP contribution in [0.3, 0.4) is 0 Å². The molecule has 1 aromatic heterocycles. The predicted molar refractivity (Wildman–Crippen MR) is 72.3 cm³/mol. The first-order chi connectivity index (χ1) is 10.1. The summed E-state index contributed by atoms with van der Waals surface area (Å²) >= 11 is 0. The number of hydrogen-bond donors (Lipinski definition) is 1. The Morgan fingerprint density at radius 3 is 2.48 bits per heavy atom. The van der Waals surface area contributed by atoms with E-state index in [0.29, 0.717) is 0 Å². The number of pyridine rings is 1. The number of ketones is 2. The molecule has 0 saturated carbocycles. The van der Waals surface area contributed by atoms with Gasteiger partial charge in [-0.25, -0.2) is 0 Å². The highest BCUT2D eigenvalue weighted by atomic mass is 16.5. The molecule has 1 aromatic carbocycles. The summed E-state index contributed by atoms with van der Waals surface area (Å²) in [5, 5.41) is 10.3. The number of ether oxygens (including phenoxy) is 2. The maximum absolute atomic E-state index is 12.5. The van der Waals surface area contributed by atoms with Gasteiger partial charge in [-0.05, 0) is 12.1 Å². The van der Waals surface area contributed by atoms with Crippen LogP contribution >= 0.6 is 0 Å². The van der Waals surface area contributed by atoms with E-state index < -0.39 is 11.5 Å². The first-order valence-electron chi connectivity index (χ1n) is 6.11. The van der Waals surface area contributed by atoms with Crippen LogP contribution in [0.5, 0.6) is 17.2 Å². The van der Waals surface area contributed by atoms with Gasteiger partial charge in [-0.1, -0.05) is 0 Å². The van der Waals surface area contributed by atoms with Gasteiger partial charge < -0.3 is 14.6 Å². The van der Waals surface area contributed by atoms with E-state index in [-0.39, 0.29) is 39.5 Å².